The molecule has 1 atom stereocenters. The average molecular weight is 525 g/mol. The second-order valence-corrected chi connectivity index (χ2v) is 10.5. The van der Waals surface area contributed by atoms with Crippen molar-refractivity contribution in [1.82, 2.24) is 10.6 Å². The number of nitrogens with one attached hydrogen (secondary N) is 2. The molecule has 0 saturated carbocycles. The second-order valence-electron chi connectivity index (χ2n) is 9.38. The summed E-state index contributed by atoms with van der Waals surface area (Å²) >= 11 is 1.74. The Bertz CT molecular complexity index is 1390. The smallest absolute Gasteiger partial charge is 0.242 e. The Morgan fingerprint density at radius 2 is 1.50 bits per heavy atom. The molecule has 4 N–H and O–H groups in total. The fourth-order valence-corrected chi connectivity index (χ4v) is 5.85. The molecule has 4 aromatic carbocycles. The van der Waals surface area contributed by atoms with E-state index in [0.717, 1.165) is 27.7 Å². The third kappa shape index (κ3) is 6.01. The van der Waals surface area contributed by atoms with Crippen LogP contribution in [-0.4, -0.2) is 37.5 Å². The van der Waals surface area contributed by atoms with E-state index in [4.69, 9.17) is 5.73 Å². The highest BCUT2D eigenvalue weighted by Crippen LogP contribution is 2.47. The maximum atomic E-state index is 13.2. The number of hydrogen-bond acceptors (Lipinski definition) is 5. The molecule has 1 aliphatic heterocycles. The van der Waals surface area contributed by atoms with E-state index in [9.17, 15) is 9.59 Å². The van der Waals surface area contributed by atoms with Crippen molar-refractivity contribution in [3.63, 3.8) is 0 Å². The normalized spacial score (nSPS) is 12.9. The Morgan fingerprint density at radius 3 is 2.21 bits per heavy atom. The van der Waals surface area contributed by atoms with Crippen molar-refractivity contribution < 1.29 is 9.59 Å². The van der Waals surface area contributed by atoms with Gasteiger partial charge >= 0.3 is 0 Å². The van der Waals surface area contributed by atoms with Crippen molar-refractivity contribution in [3.05, 3.63) is 96.6 Å². The number of para-hydroxylation sites is 2. The summed E-state index contributed by atoms with van der Waals surface area (Å²) in [4.78, 5) is 30.8. The van der Waals surface area contributed by atoms with Gasteiger partial charge in [-0.1, -0.05) is 78.5 Å². The van der Waals surface area contributed by atoms with Crippen LogP contribution in [0.2, 0.25) is 0 Å². The average Bonchev–Trinajstić information content (AvgIpc) is 2.95. The van der Waals surface area contributed by atoms with E-state index in [1.165, 1.54) is 9.79 Å². The number of carbonyl (C=O) groups is 2. The molecule has 1 aliphatic rings. The Kier molecular flexibility index (Phi) is 8.26. The molecule has 0 aromatic heterocycles. The molecule has 0 bridgehead atoms. The SMILES string of the molecule is NCCCNC(=O)[C@@H](Cc1ccc2ccccc2c1)NC(=O)CCN1c2ccccc2Sc2ccccc21. The van der Waals surface area contributed by atoms with E-state index in [-0.39, 0.29) is 18.2 Å². The Balaban J connectivity index is 1.30. The molecule has 7 heteroatoms. The highest BCUT2D eigenvalue weighted by Gasteiger charge is 2.25. The summed E-state index contributed by atoms with van der Waals surface area (Å²) in [5.74, 6) is -0.344. The van der Waals surface area contributed by atoms with Crippen molar-refractivity contribution in [3.8, 4) is 0 Å². The first-order chi connectivity index (χ1) is 18.6. The number of fused-ring (bicyclic) bond motifs is 3. The van der Waals surface area contributed by atoms with Crippen LogP contribution >= 0.6 is 11.8 Å². The van der Waals surface area contributed by atoms with Gasteiger partial charge < -0.3 is 21.3 Å². The van der Waals surface area contributed by atoms with Crippen LogP contribution in [0.4, 0.5) is 11.4 Å². The van der Waals surface area contributed by atoms with E-state index in [2.05, 4.69) is 64.1 Å². The van der Waals surface area contributed by atoms with Gasteiger partial charge in [0.05, 0.1) is 11.4 Å². The highest BCUT2D eigenvalue weighted by atomic mass is 32.2. The van der Waals surface area contributed by atoms with Gasteiger partial charge in [0.15, 0.2) is 0 Å². The van der Waals surface area contributed by atoms with Gasteiger partial charge in [0.2, 0.25) is 11.8 Å². The topological polar surface area (TPSA) is 87.5 Å². The molecule has 0 saturated heterocycles. The number of nitrogens with two attached hydrogens (primary N) is 1. The van der Waals surface area contributed by atoms with Crippen LogP contribution in [0.15, 0.2) is 101 Å². The lowest BCUT2D eigenvalue weighted by Crippen LogP contribution is -2.48. The van der Waals surface area contributed by atoms with Crippen LogP contribution in [0.25, 0.3) is 10.8 Å². The maximum absolute atomic E-state index is 13.2. The molecule has 194 valence electrons. The summed E-state index contributed by atoms with van der Waals surface area (Å²) in [5.41, 5.74) is 8.79. The van der Waals surface area contributed by atoms with Gasteiger partial charge in [-0.25, -0.2) is 0 Å². The number of carbonyl (C=O) groups excluding carboxylic acids is 2. The van der Waals surface area contributed by atoms with Gasteiger partial charge in [-0.2, -0.15) is 0 Å². The van der Waals surface area contributed by atoms with E-state index in [1.54, 1.807) is 11.8 Å². The Morgan fingerprint density at radius 1 is 0.842 bits per heavy atom. The number of hydrogen-bond donors (Lipinski definition) is 3. The largest absolute Gasteiger partial charge is 0.354 e. The molecule has 0 unspecified atom stereocenters. The van der Waals surface area contributed by atoms with Gasteiger partial charge in [0, 0.05) is 35.7 Å². The van der Waals surface area contributed by atoms with Crippen LogP contribution in [-0.2, 0) is 16.0 Å². The van der Waals surface area contributed by atoms with E-state index >= 15 is 0 Å². The minimum Gasteiger partial charge on any atom is -0.354 e. The number of anilines is 2. The summed E-state index contributed by atoms with van der Waals surface area (Å²) in [6.45, 7) is 1.50. The zero-order chi connectivity index (χ0) is 26.3. The summed E-state index contributed by atoms with van der Waals surface area (Å²) in [6.07, 6.45) is 1.36. The first-order valence-electron chi connectivity index (χ1n) is 13.0. The van der Waals surface area contributed by atoms with Crippen molar-refractivity contribution in [2.45, 2.75) is 35.1 Å². The zero-order valence-electron chi connectivity index (χ0n) is 21.2. The van der Waals surface area contributed by atoms with Gasteiger partial charge in [0.1, 0.15) is 6.04 Å². The first kappa shape index (κ1) is 25.8. The van der Waals surface area contributed by atoms with Crippen molar-refractivity contribution in [1.29, 1.82) is 0 Å². The van der Waals surface area contributed by atoms with Gasteiger partial charge in [-0.05, 0) is 53.6 Å². The van der Waals surface area contributed by atoms with Crippen molar-refractivity contribution >= 4 is 45.7 Å². The number of amides is 2. The molecule has 1 heterocycles. The molecule has 0 fully saturated rings. The van der Waals surface area contributed by atoms with E-state index in [1.807, 2.05) is 42.5 Å². The minimum atomic E-state index is -0.669. The lowest BCUT2D eigenvalue weighted by molar-refractivity contribution is -0.128. The molecule has 2 amide bonds. The summed E-state index contributed by atoms with van der Waals surface area (Å²) < 4.78 is 0. The molecular formula is C31H32N4O2S. The maximum Gasteiger partial charge on any atom is 0.242 e. The van der Waals surface area contributed by atoms with Crippen LogP contribution in [0.5, 0.6) is 0 Å². The van der Waals surface area contributed by atoms with Crippen molar-refractivity contribution in [2.24, 2.45) is 5.73 Å². The Labute approximate surface area is 227 Å². The van der Waals surface area contributed by atoms with Gasteiger partial charge in [-0.3, -0.25) is 9.59 Å². The summed E-state index contributed by atoms with van der Waals surface area (Å²) in [5, 5.41) is 8.20. The lowest BCUT2D eigenvalue weighted by Gasteiger charge is -2.32. The first-order valence-corrected chi connectivity index (χ1v) is 13.8. The molecule has 6 nitrogen and oxygen atoms in total. The Hall–Kier alpha value is -3.81. The predicted octanol–water partition coefficient (Wildman–Crippen LogP) is 5.03. The fourth-order valence-electron chi connectivity index (χ4n) is 4.75. The molecular weight excluding hydrogens is 492 g/mol. The quantitative estimate of drug-likeness (QED) is 0.254. The molecule has 5 rings (SSSR count). The molecule has 0 aliphatic carbocycles. The van der Waals surface area contributed by atoms with Crippen LogP contribution < -0.4 is 21.3 Å². The van der Waals surface area contributed by atoms with Crippen molar-refractivity contribution in [2.75, 3.05) is 24.5 Å². The van der Waals surface area contributed by atoms with Gasteiger partial charge in [0.25, 0.3) is 0 Å². The number of nitrogens with zero attached hydrogens (tertiary/aromatic N) is 1. The van der Waals surface area contributed by atoms with Crippen LogP contribution in [0, 0.1) is 0 Å². The molecule has 0 radical (unpaired) electrons. The van der Waals surface area contributed by atoms with Gasteiger partial charge in [-0.15, -0.1) is 0 Å². The molecule has 4 aromatic rings. The molecule has 0 spiro atoms. The van der Waals surface area contributed by atoms with Crippen LogP contribution in [0.3, 0.4) is 0 Å². The summed E-state index contributed by atoms with van der Waals surface area (Å²) in [7, 11) is 0. The number of rotatable bonds is 10. The monoisotopic (exact) mass is 524 g/mol. The fraction of sp³-hybridized carbons (Fsp3) is 0.226. The molecule has 38 heavy (non-hydrogen) atoms. The lowest BCUT2D eigenvalue weighted by atomic mass is 10.0. The standard InChI is InChI=1S/C31H32N4O2S/c32-17-7-18-33-31(37)25(21-22-14-15-23-8-1-2-9-24(23)20-22)34-30(36)16-19-35-26-10-3-5-12-28(26)38-29-13-6-4-11-27(29)35/h1-6,8-15,20,25H,7,16-19,21,32H2,(H,33,37)(H,34,36)/t25-/m1/s1. The summed E-state index contributed by atoms with van der Waals surface area (Å²) in [6, 6.07) is 30.1. The second kappa shape index (κ2) is 12.2. The highest BCUT2D eigenvalue weighted by molar-refractivity contribution is 7.99. The minimum absolute atomic E-state index is 0.155. The zero-order valence-corrected chi connectivity index (χ0v) is 22.0. The third-order valence-electron chi connectivity index (χ3n) is 6.68. The van der Waals surface area contributed by atoms with Crippen LogP contribution in [0.1, 0.15) is 18.4 Å². The number of benzene rings is 4. The third-order valence-corrected chi connectivity index (χ3v) is 7.81. The van der Waals surface area contributed by atoms with E-state index in [0.29, 0.717) is 32.5 Å². The predicted molar refractivity (Wildman–Crippen MR) is 155 cm³/mol. The van der Waals surface area contributed by atoms with E-state index < -0.39 is 6.04 Å².